The molecule has 2 amide bonds. The van der Waals surface area contributed by atoms with Crippen molar-refractivity contribution >= 4 is 23.7 Å². The summed E-state index contributed by atoms with van der Waals surface area (Å²) in [6.45, 7) is 5.15. The van der Waals surface area contributed by atoms with Crippen LogP contribution < -0.4 is 10.2 Å². The zero-order valence-corrected chi connectivity index (χ0v) is 14.3. The van der Waals surface area contributed by atoms with E-state index in [2.05, 4.69) is 5.32 Å². The number of benzene rings is 1. The van der Waals surface area contributed by atoms with Gasteiger partial charge in [0.15, 0.2) is 0 Å². The van der Waals surface area contributed by atoms with Gasteiger partial charge in [-0.3, -0.25) is 4.79 Å². The van der Waals surface area contributed by atoms with Gasteiger partial charge in [0.2, 0.25) is 5.91 Å². The molecule has 0 radical (unpaired) electrons. The lowest BCUT2D eigenvalue weighted by molar-refractivity contribution is -0.142. The number of amides is 2. The molecule has 2 rings (SSSR count). The molecule has 1 N–H and O–H groups in total. The second-order valence-electron chi connectivity index (χ2n) is 6.53. The molecule has 0 saturated heterocycles. The molecule has 0 spiro atoms. The highest BCUT2D eigenvalue weighted by molar-refractivity contribution is 6.02. The number of hydrogen-bond acceptors (Lipinski definition) is 5. The molecule has 1 heterocycles. The molecule has 0 bridgehead atoms. The lowest BCUT2D eigenvalue weighted by Crippen LogP contribution is -2.51. The summed E-state index contributed by atoms with van der Waals surface area (Å²) in [6.07, 6.45) is -0.464. The molecular weight excluding hydrogens is 312 g/mol. The summed E-state index contributed by atoms with van der Waals surface area (Å²) >= 11 is 0. The van der Waals surface area contributed by atoms with Crippen molar-refractivity contribution in [2.24, 2.45) is 0 Å². The minimum Gasteiger partial charge on any atom is -0.467 e. The molecular formula is C17H22N2O5. The van der Waals surface area contributed by atoms with E-state index in [1.54, 1.807) is 20.8 Å². The fourth-order valence-electron chi connectivity index (χ4n) is 2.47. The maximum atomic E-state index is 12.2. The highest BCUT2D eigenvalue weighted by atomic mass is 16.6. The van der Waals surface area contributed by atoms with Crippen LogP contribution in [0.5, 0.6) is 0 Å². The highest BCUT2D eigenvalue weighted by Crippen LogP contribution is 2.28. The van der Waals surface area contributed by atoms with E-state index in [1.165, 1.54) is 12.0 Å². The third-order valence-corrected chi connectivity index (χ3v) is 3.47. The molecule has 130 valence electrons. The van der Waals surface area contributed by atoms with Crippen LogP contribution in [0.15, 0.2) is 24.3 Å². The van der Waals surface area contributed by atoms with Crippen LogP contribution in [0, 0.1) is 0 Å². The van der Waals surface area contributed by atoms with Gasteiger partial charge in [0.05, 0.1) is 20.1 Å². The van der Waals surface area contributed by atoms with Crippen LogP contribution in [0.3, 0.4) is 0 Å². The van der Waals surface area contributed by atoms with Gasteiger partial charge in [-0.05, 0) is 32.4 Å². The first kappa shape index (κ1) is 17.8. The molecule has 0 fully saturated rings. The fourth-order valence-corrected chi connectivity index (χ4v) is 2.47. The maximum absolute atomic E-state index is 12.2. The van der Waals surface area contributed by atoms with E-state index >= 15 is 0 Å². The molecule has 1 unspecified atom stereocenters. The molecule has 7 heteroatoms. The Bertz CT molecular complexity index is 651. The number of nitrogens with zero attached hydrogens (tertiary/aromatic N) is 1. The predicted octanol–water partition coefficient (Wildman–Crippen LogP) is 1.64. The molecule has 0 aromatic heterocycles. The Hall–Kier alpha value is -2.57. The lowest BCUT2D eigenvalue weighted by Gasteiger charge is -2.25. The number of rotatable bonds is 4. The summed E-state index contributed by atoms with van der Waals surface area (Å²) in [5.41, 5.74) is 0.937. The Morgan fingerprint density at radius 3 is 2.58 bits per heavy atom. The second-order valence-corrected chi connectivity index (χ2v) is 6.53. The van der Waals surface area contributed by atoms with Crippen molar-refractivity contribution in [3.63, 3.8) is 0 Å². The van der Waals surface area contributed by atoms with E-state index in [0.717, 1.165) is 11.3 Å². The van der Waals surface area contributed by atoms with Crippen LogP contribution in [-0.2, 0) is 25.5 Å². The van der Waals surface area contributed by atoms with Crippen molar-refractivity contribution in [1.29, 1.82) is 0 Å². The Morgan fingerprint density at radius 2 is 1.96 bits per heavy atom. The van der Waals surface area contributed by atoms with E-state index in [4.69, 9.17) is 9.47 Å². The van der Waals surface area contributed by atoms with Gasteiger partial charge in [0, 0.05) is 5.69 Å². The highest BCUT2D eigenvalue weighted by Gasteiger charge is 2.33. The molecule has 1 aliphatic rings. The molecule has 0 aliphatic carbocycles. The number of alkyl carbamates (subject to hydrolysis) is 1. The number of carbonyl (C=O) groups excluding carboxylic acids is 3. The van der Waals surface area contributed by atoms with Crippen LogP contribution in [0.2, 0.25) is 0 Å². The number of para-hydroxylation sites is 1. The second kappa shape index (κ2) is 6.90. The van der Waals surface area contributed by atoms with Gasteiger partial charge < -0.3 is 19.7 Å². The fraction of sp³-hybridized carbons (Fsp3) is 0.471. The topological polar surface area (TPSA) is 84.9 Å². The first-order chi connectivity index (χ1) is 11.2. The number of nitrogens with one attached hydrogen (secondary N) is 1. The minimum absolute atomic E-state index is 0.0121. The third-order valence-electron chi connectivity index (χ3n) is 3.47. The molecule has 1 aliphatic heterocycles. The van der Waals surface area contributed by atoms with E-state index < -0.39 is 23.7 Å². The predicted molar refractivity (Wildman–Crippen MR) is 87.7 cm³/mol. The monoisotopic (exact) mass is 334 g/mol. The summed E-state index contributed by atoms with van der Waals surface area (Å²) in [5.74, 6) is -0.769. The van der Waals surface area contributed by atoms with Crippen LogP contribution in [0.25, 0.3) is 0 Å². The summed E-state index contributed by atoms with van der Waals surface area (Å²) in [4.78, 5) is 37.6. The average Bonchev–Trinajstić information content (AvgIpc) is 2.80. The largest absolute Gasteiger partial charge is 0.467 e. The van der Waals surface area contributed by atoms with Crippen molar-refractivity contribution in [3.05, 3.63) is 29.8 Å². The van der Waals surface area contributed by atoms with Crippen molar-refractivity contribution < 1.29 is 23.9 Å². The lowest BCUT2D eigenvalue weighted by atomic mass is 10.2. The molecule has 1 aromatic rings. The first-order valence-corrected chi connectivity index (χ1v) is 7.67. The molecule has 1 atom stereocenters. The average molecular weight is 334 g/mol. The minimum atomic E-state index is -1.01. The van der Waals surface area contributed by atoms with Gasteiger partial charge in [-0.2, -0.15) is 0 Å². The number of anilines is 1. The van der Waals surface area contributed by atoms with E-state index in [0.29, 0.717) is 0 Å². The van der Waals surface area contributed by atoms with Gasteiger partial charge >= 0.3 is 12.1 Å². The number of hydrogen-bond donors (Lipinski definition) is 1. The van der Waals surface area contributed by atoms with Crippen LogP contribution in [0.1, 0.15) is 26.3 Å². The molecule has 0 saturated carbocycles. The van der Waals surface area contributed by atoms with Crippen LogP contribution in [-0.4, -0.2) is 43.3 Å². The van der Waals surface area contributed by atoms with Crippen molar-refractivity contribution in [2.75, 3.05) is 18.6 Å². The summed E-state index contributed by atoms with van der Waals surface area (Å²) in [7, 11) is 1.23. The van der Waals surface area contributed by atoms with Gasteiger partial charge in [-0.15, -0.1) is 0 Å². The SMILES string of the molecule is COC(=O)C(CN1C(=O)Cc2ccccc21)NC(=O)OC(C)(C)C. The van der Waals surface area contributed by atoms with Crippen LogP contribution >= 0.6 is 0 Å². The Morgan fingerprint density at radius 1 is 1.29 bits per heavy atom. The van der Waals surface area contributed by atoms with Gasteiger partial charge in [0.25, 0.3) is 0 Å². The summed E-state index contributed by atoms with van der Waals surface area (Å²) in [5, 5.41) is 2.47. The molecule has 1 aromatic carbocycles. The summed E-state index contributed by atoms with van der Waals surface area (Å²) in [6, 6.07) is 6.33. The standard InChI is InChI=1S/C17H22N2O5/c1-17(2,3)24-16(22)18-12(15(21)23-4)10-19-13-8-6-5-7-11(13)9-14(19)20/h5-8,12H,9-10H2,1-4H3,(H,18,22). The van der Waals surface area contributed by atoms with Gasteiger partial charge in [-0.1, -0.05) is 18.2 Å². The number of carbonyl (C=O) groups is 3. The van der Waals surface area contributed by atoms with Crippen LogP contribution in [0.4, 0.5) is 10.5 Å². The Labute approximate surface area is 140 Å². The number of fused-ring (bicyclic) bond motifs is 1. The number of ether oxygens (including phenoxy) is 2. The van der Waals surface area contributed by atoms with Crippen molar-refractivity contribution in [2.45, 2.75) is 38.8 Å². The Kier molecular flexibility index (Phi) is 5.11. The first-order valence-electron chi connectivity index (χ1n) is 7.67. The van der Waals surface area contributed by atoms with E-state index in [-0.39, 0.29) is 18.9 Å². The zero-order chi connectivity index (χ0) is 17.9. The third kappa shape index (κ3) is 4.24. The quantitative estimate of drug-likeness (QED) is 0.846. The van der Waals surface area contributed by atoms with E-state index in [9.17, 15) is 14.4 Å². The zero-order valence-electron chi connectivity index (χ0n) is 14.3. The number of methoxy groups -OCH3 is 1. The maximum Gasteiger partial charge on any atom is 0.408 e. The van der Waals surface area contributed by atoms with Gasteiger partial charge in [-0.25, -0.2) is 9.59 Å². The summed E-state index contributed by atoms with van der Waals surface area (Å²) < 4.78 is 9.89. The van der Waals surface area contributed by atoms with Gasteiger partial charge in [0.1, 0.15) is 11.6 Å². The molecule has 7 nitrogen and oxygen atoms in total. The van der Waals surface area contributed by atoms with E-state index in [1.807, 2.05) is 24.3 Å². The van der Waals surface area contributed by atoms with Crippen molar-refractivity contribution in [1.82, 2.24) is 5.32 Å². The number of esters is 1. The normalized spacial score (nSPS) is 14.8. The Balaban J connectivity index is 2.14. The molecule has 24 heavy (non-hydrogen) atoms. The smallest absolute Gasteiger partial charge is 0.408 e. The van der Waals surface area contributed by atoms with Crippen molar-refractivity contribution in [3.8, 4) is 0 Å².